The summed E-state index contributed by atoms with van der Waals surface area (Å²) in [6.07, 6.45) is 7.47. The van der Waals surface area contributed by atoms with Gasteiger partial charge in [-0.2, -0.15) is 5.10 Å². The Morgan fingerprint density at radius 1 is 1.09 bits per heavy atom. The van der Waals surface area contributed by atoms with Gasteiger partial charge in [-0.15, -0.1) is 0 Å². The van der Waals surface area contributed by atoms with Gasteiger partial charge in [0, 0.05) is 49.5 Å². The minimum atomic E-state index is 0.361. The Balaban J connectivity index is 1.53. The largest absolute Gasteiger partial charge is 0.378 e. The Morgan fingerprint density at radius 3 is 2.72 bits per heavy atom. The molecule has 2 saturated heterocycles. The third kappa shape index (κ3) is 3.34. The van der Waals surface area contributed by atoms with Gasteiger partial charge in [0.25, 0.3) is 0 Å². The molecule has 0 radical (unpaired) electrons. The van der Waals surface area contributed by atoms with E-state index in [1.54, 1.807) is 6.20 Å². The van der Waals surface area contributed by atoms with Crippen LogP contribution >= 0.6 is 0 Å². The number of anilines is 2. The number of nitrogens with one attached hydrogen (secondary N) is 1. The van der Waals surface area contributed by atoms with E-state index in [1.807, 2.05) is 12.3 Å². The number of hydrogen-bond donors (Lipinski definition) is 1. The number of aromatic nitrogens is 4. The fourth-order valence-corrected chi connectivity index (χ4v) is 6.64. The molecule has 0 spiro atoms. The maximum Gasteiger partial charge on any atom is 0.131 e. The lowest BCUT2D eigenvalue weighted by Gasteiger charge is -2.39. The van der Waals surface area contributed by atoms with Crippen molar-refractivity contribution in [2.45, 2.75) is 46.1 Å². The summed E-state index contributed by atoms with van der Waals surface area (Å²) in [6.45, 7) is 11.7. The van der Waals surface area contributed by atoms with Crippen molar-refractivity contribution in [3.8, 4) is 11.4 Å². The Bertz CT molecular complexity index is 1140. The summed E-state index contributed by atoms with van der Waals surface area (Å²) in [5.74, 6) is 1.02. The molecular weight excluding hydrogens is 400 g/mol. The number of pyridine rings is 2. The first kappa shape index (κ1) is 20.0. The highest BCUT2D eigenvalue weighted by Gasteiger charge is 2.50. The summed E-state index contributed by atoms with van der Waals surface area (Å²) in [5, 5.41) is 8.42. The van der Waals surface area contributed by atoms with Gasteiger partial charge >= 0.3 is 0 Å². The zero-order valence-corrected chi connectivity index (χ0v) is 19.3. The molecule has 3 aromatic rings. The first-order chi connectivity index (χ1) is 15.4. The first-order valence-electron chi connectivity index (χ1n) is 11.8. The third-order valence-corrected chi connectivity index (χ3v) is 7.51. The normalized spacial score (nSPS) is 27.3. The molecule has 6 rings (SSSR count). The second-order valence-corrected chi connectivity index (χ2v) is 11.0. The van der Waals surface area contributed by atoms with E-state index in [9.17, 15) is 0 Å². The van der Waals surface area contributed by atoms with E-state index in [-0.39, 0.29) is 0 Å². The van der Waals surface area contributed by atoms with Gasteiger partial charge in [0.1, 0.15) is 17.0 Å². The molecule has 32 heavy (non-hydrogen) atoms. The molecule has 2 bridgehead atoms. The van der Waals surface area contributed by atoms with E-state index < -0.39 is 0 Å². The van der Waals surface area contributed by atoms with Crippen LogP contribution in [-0.4, -0.2) is 59.1 Å². The third-order valence-electron chi connectivity index (χ3n) is 7.51. The highest BCUT2D eigenvalue weighted by molar-refractivity contribution is 6.00. The predicted octanol–water partition coefficient (Wildman–Crippen LogP) is 4.26. The Kier molecular flexibility index (Phi) is 4.47. The zero-order valence-electron chi connectivity index (χ0n) is 19.3. The summed E-state index contributed by atoms with van der Waals surface area (Å²) in [7, 11) is 0. The number of ether oxygens (including phenoxy) is 1. The van der Waals surface area contributed by atoms with E-state index in [2.05, 4.69) is 52.9 Å². The molecule has 0 amide bonds. The second kappa shape index (κ2) is 7.17. The molecule has 1 aliphatic carbocycles. The van der Waals surface area contributed by atoms with Crippen molar-refractivity contribution in [3.63, 3.8) is 0 Å². The van der Waals surface area contributed by atoms with Crippen LogP contribution in [0.1, 0.15) is 40.0 Å². The molecule has 3 aromatic heterocycles. The first-order valence-corrected chi connectivity index (χ1v) is 11.8. The number of fused-ring (bicyclic) bond motifs is 3. The van der Waals surface area contributed by atoms with Gasteiger partial charge < -0.3 is 14.5 Å². The summed E-state index contributed by atoms with van der Waals surface area (Å²) >= 11 is 0. The summed E-state index contributed by atoms with van der Waals surface area (Å²) < 4.78 is 5.61. The highest BCUT2D eigenvalue weighted by atomic mass is 16.5. The van der Waals surface area contributed by atoms with Gasteiger partial charge in [-0.25, -0.2) is 4.98 Å². The zero-order chi connectivity index (χ0) is 21.9. The van der Waals surface area contributed by atoms with E-state index in [0.717, 1.165) is 55.6 Å². The molecule has 0 unspecified atom stereocenters. The maximum atomic E-state index is 5.61. The highest BCUT2D eigenvalue weighted by Crippen LogP contribution is 2.54. The molecule has 3 aliphatic rings. The van der Waals surface area contributed by atoms with Crippen molar-refractivity contribution in [2.24, 2.45) is 10.8 Å². The van der Waals surface area contributed by atoms with Gasteiger partial charge in [0.2, 0.25) is 0 Å². The number of H-pyrrole nitrogens is 1. The quantitative estimate of drug-likeness (QED) is 0.667. The SMILES string of the molecule is CC1(C)C[C@@H]2C[C@@](C)(CN2c2cc(N3CCOCC3)nc3c(-c4ccn[nH]4)nccc23)C1. The second-order valence-electron chi connectivity index (χ2n) is 11.0. The molecular formula is C25H32N6O. The van der Waals surface area contributed by atoms with Crippen molar-refractivity contribution < 1.29 is 4.74 Å². The van der Waals surface area contributed by atoms with Crippen molar-refractivity contribution in [1.29, 1.82) is 0 Å². The molecule has 1 N–H and O–H groups in total. The monoisotopic (exact) mass is 432 g/mol. The average molecular weight is 433 g/mol. The molecule has 5 heterocycles. The number of rotatable bonds is 3. The molecule has 7 nitrogen and oxygen atoms in total. The maximum absolute atomic E-state index is 5.61. The molecule has 7 heteroatoms. The summed E-state index contributed by atoms with van der Waals surface area (Å²) in [4.78, 5) is 14.9. The van der Waals surface area contributed by atoms with Crippen molar-refractivity contribution >= 4 is 22.4 Å². The smallest absolute Gasteiger partial charge is 0.131 e. The minimum absolute atomic E-state index is 0.361. The number of morpholine rings is 1. The topological polar surface area (TPSA) is 70.2 Å². The molecule has 3 fully saturated rings. The standard InChI is InChI=1S/C25H32N6O/c1-24(2)13-17-14-25(3,15-24)16-31(17)20-12-21(30-8-10-32-11-9-30)28-22-18(20)4-6-26-23(22)19-5-7-27-29-19/h4-7,12,17H,8-11,13-16H2,1-3H3,(H,27,29)/t17-,25-/m1/s1. The van der Waals surface area contributed by atoms with Gasteiger partial charge in [-0.3, -0.25) is 10.1 Å². The van der Waals surface area contributed by atoms with Crippen molar-refractivity contribution in [3.05, 3.63) is 30.6 Å². The van der Waals surface area contributed by atoms with Gasteiger partial charge in [-0.05, 0) is 42.2 Å². The number of aromatic amines is 1. The average Bonchev–Trinajstić information content (AvgIpc) is 3.38. The van der Waals surface area contributed by atoms with Crippen molar-refractivity contribution in [1.82, 2.24) is 20.2 Å². The molecule has 168 valence electrons. The lowest BCUT2D eigenvalue weighted by molar-refractivity contribution is 0.122. The summed E-state index contributed by atoms with van der Waals surface area (Å²) in [6, 6.07) is 6.99. The lowest BCUT2D eigenvalue weighted by atomic mass is 9.65. The van der Waals surface area contributed by atoms with Crippen LogP contribution in [0.25, 0.3) is 22.3 Å². The van der Waals surface area contributed by atoms with Crippen LogP contribution in [-0.2, 0) is 4.74 Å². The van der Waals surface area contributed by atoms with E-state index in [0.29, 0.717) is 16.9 Å². The fraction of sp³-hybridized carbons (Fsp3) is 0.560. The summed E-state index contributed by atoms with van der Waals surface area (Å²) in [5.41, 5.74) is 4.75. The van der Waals surface area contributed by atoms with Crippen LogP contribution in [0, 0.1) is 10.8 Å². The van der Waals surface area contributed by atoms with Gasteiger partial charge in [0.15, 0.2) is 0 Å². The molecule has 1 saturated carbocycles. The van der Waals surface area contributed by atoms with Gasteiger partial charge in [0.05, 0.1) is 24.6 Å². The van der Waals surface area contributed by atoms with Crippen molar-refractivity contribution in [2.75, 3.05) is 42.6 Å². The van der Waals surface area contributed by atoms with Crippen LogP contribution in [0.4, 0.5) is 11.5 Å². The Hall–Kier alpha value is -2.67. The van der Waals surface area contributed by atoms with Crippen LogP contribution in [0.5, 0.6) is 0 Å². The fourth-order valence-electron chi connectivity index (χ4n) is 6.64. The molecule has 2 atom stereocenters. The minimum Gasteiger partial charge on any atom is -0.378 e. The van der Waals surface area contributed by atoms with Crippen LogP contribution in [0.15, 0.2) is 30.6 Å². The Morgan fingerprint density at radius 2 is 1.94 bits per heavy atom. The van der Waals surface area contributed by atoms with Gasteiger partial charge in [-0.1, -0.05) is 20.8 Å². The predicted molar refractivity (Wildman–Crippen MR) is 127 cm³/mol. The van der Waals surface area contributed by atoms with Crippen LogP contribution < -0.4 is 9.80 Å². The molecule has 0 aromatic carbocycles. The van der Waals surface area contributed by atoms with E-state index in [4.69, 9.17) is 14.7 Å². The van der Waals surface area contributed by atoms with E-state index >= 15 is 0 Å². The molecule has 2 aliphatic heterocycles. The number of nitrogens with zero attached hydrogens (tertiary/aromatic N) is 5. The van der Waals surface area contributed by atoms with Crippen LogP contribution in [0.2, 0.25) is 0 Å². The van der Waals surface area contributed by atoms with Crippen LogP contribution in [0.3, 0.4) is 0 Å². The van der Waals surface area contributed by atoms with E-state index in [1.165, 1.54) is 30.3 Å². The number of hydrogen-bond acceptors (Lipinski definition) is 6. The Labute approximate surface area is 189 Å². The lowest BCUT2D eigenvalue weighted by Crippen LogP contribution is -2.37.